The first-order valence-electron chi connectivity index (χ1n) is 5.86. The zero-order chi connectivity index (χ0) is 11.7. The highest BCUT2D eigenvalue weighted by atomic mass is 32.1. The SMILES string of the molecule is OCCC1(CNc2ncnc3ccsc23)CC1. The van der Waals surface area contributed by atoms with E-state index in [0.29, 0.717) is 5.41 Å². The number of fused-ring (bicyclic) bond motifs is 1. The van der Waals surface area contributed by atoms with Crippen LogP contribution in [-0.4, -0.2) is 28.2 Å². The first-order chi connectivity index (χ1) is 8.33. The molecule has 2 N–H and O–H groups in total. The molecule has 1 fully saturated rings. The smallest absolute Gasteiger partial charge is 0.147 e. The van der Waals surface area contributed by atoms with Crippen molar-refractivity contribution in [3.8, 4) is 0 Å². The summed E-state index contributed by atoms with van der Waals surface area (Å²) in [6.07, 6.45) is 4.90. The Morgan fingerprint density at radius 3 is 3.06 bits per heavy atom. The Bertz CT molecular complexity index is 521. The molecule has 1 saturated carbocycles. The number of nitrogens with one attached hydrogen (secondary N) is 1. The minimum Gasteiger partial charge on any atom is -0.396 e. The van der Waals surface area contributed by atoms with Gasteiger partial charge in [0.1, 0.15) is 12.1 Å². The first-order valence-corrected chi connectivity index (χ1v) is 6.74. The van der Waals surface area contributed by atoms with Crippen molar-refractivity contribution in [3.05, 3.63) is 17.8 Å². The van der Waals surface area contributed by atoms with E-state index in [2.05, 4.69) is 15.3 Å². The van der Waals surface area contributed by atoms with Gasteiger partial charge in [-0.25, -0.2) is 9.97 Å². The molecule has 0 unspecified atom stereocenters. The molecular weight excluding hydrogens is 234 g/mol. The van der Waals surface area contributed by atoms with Gasteiger partial charge in [0.2, 0.25) is 0 Å². The maximum absolute atomic E-state index is 9.03. The number of nitrogens with zero attached hydrogens (tertiary/aromatic N) is 2. The number of thiophene rings is 1. The summed E-state index contributed by atoms with van der Waals surface area (Å²) in [5.41, 5.74) is 1.31. The van der Waals surface area contributed by atoms with Crippen molar-refractivity contribution < 1.29 is 5.11 Å². The highest BCUT2D eigenvalue weighted by Gasteiger charge is 2.41. The van der Waals surface area contributed by atoms with Gasteiger partial charge in [0.25, 0.3) is 0 Å². The summed E-state index contributed by atoms with van der Waals surface area (Å²) in [4.78, 5) is 8.51. The Balaban J connectivity index is 1.75. The number of hydrogen-bond acceptors (Lipinski definition) is 5. The van der Waals surface area contributed by atoms with Crippen LogP contribution in [0.1, 0.15) is 19.3 Å². The summed E-state index contributed by atoms with van der Waals surface area (Å²) in [6.45, 7) is 1.18. The normalized spacial score (nSPS) is 17.2. The van der Waals surface area contributed by atoms with E-state index in [1.54, 1.807) is 17.7 Å². The van der Waals surface area contributed by atoms with E-state index in [4.69, 9.17) is 5.11 Å². The van der Waals surface area contributed by atoms with Crippen LogP contribution in [-0.2, 0) is 0 Å². The van der Waals surface area contributed by atoms with Crippen molar-refractivity contribution in [2.24, 2.45) is 5.41 Å². The summed E-state index contributed by atoms with van der Waals surface area (Å²) in [5.74, 6) is 0.925. The third kappa shape index (κ3) is 2.12. The Morgan fingerprint density at radius 1 is 1.41 bits per heavy atom. The molecule has 90 valence electrons. The van der Waals surface area contributed by atoms with Gasteiger partial charge >= 0.3 is 0 Å². The van der Waals surface area contributed by atoms with E-state index in [1.807, 2.05) is 11.4 Å². The molecule has 0 bridgehead atoms. The van der Waals surface area contributed by atoms with Gasteiger partial charge in [0.05, 0.1) is 10.2 Å². The first kappa shape index (κ1) is 10.9. The zero-order valence-corrected chi connectivity index (χ0v) is 10.3. The number of rotatable bonds is 5. The molecule has 0 atom stereocenters. The molecule has 0 aromatic carbocycles. The predicted octanol–water partition coefficient (Wildman–Crippen LogP) is 2.27. The maximum atomic E-state index is 9.03. The lowest BCUT2D eigenvalue weighted by atomic mass is 10.0. The van der Waals surface area contributed by atoms with Crippen molar-refractivity contribution in [3.63, 3.8) is 0 Å². The van der Waals surface area contributed by atoms with Gasteiger partial charge in [0, 0.05) is 13.2 Å². The van der Waals surface area contributed by atoms with Gasteiger partial charge in [-0.05, 0) is 36.1 Å². The van der Waals surface area contributed by atoms with Crippen LogP contribution in [0.4, 0.5) is 5.82 Å². The van der Waals surface area contributed by atoms with Gasteiger partial charge in [-0.1, -0.05) is 0 Å². The van der Waals surface area contributed by atoms with Crippen LogP contribution in [0.3, 0.4) is 0 Å². The Hall–Kier alpha value is -1.20. The van der Waals surface area contributed by atoms with Crippen molar-refractivity contribution in [2.75, 3.05) is 18.5 Å². The van der Waals surface area contributed by atoms with Gasteiger partial charge in [-0.3, -0.25) is 0 Å². The molecule has 0 spiro atoms. The zero-order valence-electron chi connectivity index (χ0n) is 9.52. The van der Waals surface area contributed by atoms with Gasteiger partial charge in [-0.2, -0.15) is 0 Å². The van der Waals surface area contributed by atoms with Crippen LogP contribution in [0.15, 0.2) is 17.8 Å². The number of aromatic nitrogens is 2. The minimum absolute atomic E-state index is 0.278. The molecule has 1 aliphatic rings. The largest absolute Gasteiger partial charge is 0.396 e. The van der Waals surface area contributed by atoms with Gasteiger partial charge in [0.15, 0.2) is 0 Å². The van der Waals surface area contributed by atoms with Gasteiger partial charge < -0.3 is 10.4 Å². The molecule has 4 nitrogen and oxygen atoms in total. The lowest BCUT2D eigenvalue weighted by molar-refractivity contribution is 0.253. The second kappa shape index (κ2) is 4.23. The molecule has 5 heteroatoms. The fourth-order valence-corrected chi connectivity index (χ4v) is 2.93. The van der Waals surface area contributed by atoms with Crippen LogP contribution in [0.2, 0.25) is 0 Å². The molecule has 0 aliphatic heterocycles. The van der Waals surface area contributed by atoms with E-state index >= 15 is 0 Å². The number of aliphatic hydroxyl groups is 1. The molecule has 3 rings (SSSR count). The summed E-state index contributed by atoms with van der Waals surface area (Å²) >= 11 is 1.66. The molecule has 0 amide bonds. The number of anilines is 1. The van der Waals surface area contributed by atoms with Crippen molar-refractivity contribution in [2.45, 2.75) is 19.3 Å². The van der Waals surface area contributed by atoms with Crippen LogP contribution < -0.4 is 5.32 Å². The van der Waals surface area contributed by atoms with Crippen LogP contribution in [0.5, 0.6) is 0 Å². The number of aliphatic hydroxyl groups excluding tert-OH is 1. The number of hydrogen-bond donors (Lipinski definition) is 2. The molecular formula is C12H15N3OS. The molecule has 0 saturated heterocycles. The lowest BCUT2D eigenvalue weighted by Gasteiger charge is -2.15. The van der Waals surface area contributed by atoms with E-state index in [-0.39, 0.29) is 6.61 Å². The van der Waals surface area contributed by atoms with Gasteiger partial charge in [-0.15, -0.1) is 11.3 Å². The monoisotopic (exact) mass is 249 g/mol. The third-order valence-corrected chi connectivity index (χ3v) is 4.38. The van der Waals surface area contributed by atoms with Crippen molar-refractivity contribution >= 4 is 27.4 Å². The average Bonchev–Trinajstić information content (AvgIpc) is 2.92. The summed E-state index contributed by atoms with van der Waals surface area (Å²) < 4.78 is 1.12. The molecule has 2 aromatic heterocycles. The van der Waals surface area contributed by atoms with E-state index in [1.165, 1.54) is 12.8 Å². The third-order valence-electron chi connectivity index (χ3n) is 3.47. The van der Waals surface area contributed by atoms with Crippen LogP contribution >= 0.6 is 11.3 Å². The van der Waals surface area contributed by atoms with Crippen molar-refractivity contribution in [1.82, 2.24) is 9.97 Å². The standard InChI is InChI=1S/C12H15N3OS/c16-5-4-12(2-3-12)7-13-11-10-9(1-6-17-10)14-8-15-11/h1,6,8,16H,2-5,7H2,(H,13,14,15). The molecule has 17 heavy (non-hydrogen) atoms. The predicted molar refractivity (Wildman–Crippen MR) is 69.3 cm³/mol. The second-order valence-corrected chi connectivity index (χ2v) is 5.60. The highest BCUT2D eigenvalue weighted by molar-refractivity contribution is 7.17. The summed E-state index contributed by atoms with van der Waals surface area (Å²) in [6, 6.07) is 2.01. The van der Waals surface area contributed by atoms with Crippen LogP contribution in [0, 0.1) is 5.41 Å². The van der Waals surface area contributed by atoms with Crippen LogP contribution in [0.25, 0.3) is 10.2 Å². The topological polar surface area (TPSA) is 58.0 Å². The molecule has 2 aromatic rings. The second-order valence-electron chi connectivity index (χ2n) is 4.68. The average molecular weight is 249 g/mol. The fourth-order valence-electron chi connectivity index (χ4n) is 2.12. The minimum atomic E-state index is 0.278. The molecule has 2 heterocycles. The molecule has 0 radical (unpaired) electrons. The quantitative estimate of drug-likeness (QED) is 0.853. The van der Waals surface area contributed by atoms with Crippen molar-refractivity contribution in [1.29, 1.82) is 0 Å². The van der Waals surface area contributed by atoms with E-state index in [0.717, 1.165) is 29.0 Å². The summed E-state index contributed by atoms with van der Waals surface area (Å²) in [5, 5.41) is 14.5. The fraction of sp³-hybridized carbons (Fsp3) is 0.500. The Morgan fingerprint density at radius 2 is 2.29 bits per heavy atom. The molecule has 1 aliphatic carbocycles. The maximum Gasteiger partial charge on any atom is 0.147 e. The lowest BCUT2D eigenvalue weighted by Crippen LogP contribution is -2.17. The van der Waals surface area contributed by atoms with E-state index < -0.39 is 0 Å². The highest BCUT2D eigenvalue weighted by Crippen LogP contribution is 2.48. The Labute approximate surface area is 104 Å². The van der Waals surface area contributed by atoms with E-state index in [9.17, 15) is 0 Å². The Kier molecular flexibility index (Phi) is 2.72. The summed E-state index contributed by atoms with van der Waals surface area (Å²) in [7, 11) is 0.